The molecule has 1 aromatic carbocycles. The number of carboxylic acid groups (broad SMARTS) is 1. The summed E-state index contributed by atoms with van der Waals surface area (Å²) in [5.41, 5.74) is 0.365. The number of rotatable bonds is 6. The molecule has 8 nitrogen and oxygen atoms in total. The van der Waals surface area contributed by atoms with E-state index in [1.54, 1.807) is 36.1 Å². The molecule has 0 aromatic heterocycles. The van der Waals surface area contributed by atoms with Gasteiger partial charge in [-0.05, 0) is 38.3 Å². The van der Waals surface area contributed by atoms with Crippen molar-refractivity contribution < 1.29 is 24.2 Å². The fourth-order valence-electron chi connectivity index (χ4n) is 3.41. The van der Waals surface area contributed by atoms with E-state index in [2.05, 4.69) is 0 Å². The van der Waals surface area contributed by atoms with Crippen LogP contribution < -0.4 is 4.74 Å². The van der Waals surface area contributed by atoms with Crippen molar-refractivity contribution in [3.63, 3.8) is 0 Å². The fourth-order valence-corrected chi connectivity index (χ4v) is 3.41. The molecule has 150 valence electrons. The Morgan fingerprint density at radius 1 is 1.32 bits per heavy atom. The van der Waals surface area contributed by atoms with Gasteiger partial charge in [0, 0.05) is 26.1 Å². The lowest BCUT2D eigenvalue weighted by Gasteiger charge is -2.29. The first kappa shape index (κ1) is 21.2. The summed E-state index contributed by atoms with van der Waals surface area (Å²) >= 11 is 0. The Bertz CT molecular complexity index is 773. The Morgan fingerprint density at radius 3 is 2.68 bits per heavy atom. The first-order chi connectivity index (χ1) is 13.3. The molecular formula is C20H25N3O5. The van der Waals surface area contributed by atoms with Crippen LogP contribution in [0.25, 0.3) is 0 Å². The summed E-state index contributed by atoms with van der Waals surface area (Å²) in [5, 5.41) is 18.2. The highest BCUT2D eigenvalue weighted by atomic mass is 16.5. The van der Waals surface area contributed by atoms with Gasteiger partial charge in [-0.1, -0.05) is 12.1 Å². The van der Waals surface area contributed by atoms with Crippen LogP contribution in [-0.2, 0) is 14.4 Å². The molecule has 0 aliphatic carbocycles. The van der Waals surface area contributed by atoms with Crippen molar-refractivity contribution in [2.75, 3.05) is 19.6 Å². The largest absolute Gasteiger partial charge is 0.480 e. The zero-order chi connectivity index (χ0) is 20.7. The van der Waals surface area contributed by atoms with Crippen LogP contribution in [0, 0.1) is 11.3 Å². The van der Waals surface area contributed by atoms with Gasteiger partial charge < -0.3 is 19.6 Å². The molecule has 2 unspecified atom stereocenters. The lowest BCUT2D eigenvalue weighted by molar-refractivity contribution is -0.145. The first-order valence-corrected chi connectivity index (χ1v) is 9.27. The van der Waals surface area contributed by atoms with Gasteiger partial charge in [0.25, 0.3) is 5.91 Å². The number of aliphatic carboxylic acids is 1. The minimum absolute atomic E-state index is 0.194. The van der Waals surface area contributed by atoms with Crippen LogP contribution in [0.5, 0.6) is 5.75 Å². The smallest absolute Gasteiger partial charge is 0.323 e. The van der Waals surface area contributed by atoms with Gasteiger partial charge in [-0.2, -0.15) is 5.26 Å². The molecule has 0 radical (unpaired) electrons. The molecule has 0 bridgehead atoms. The molecule has 0 spiro atoms. The number of benzene rings is 1. The normalized spacial score (nSPS) is 17.8. The van der Waals surface area contributed by atoms with E-state index in [1.165, 1.54) is 11.8 Å². The van der Waals surface area contributed by atoms with Crippen LogP contribution in [0.2, 0.25) is 0 Å². The molecule has 1 saturated heterocycles. The Balaban J connectivity index is 2.00. The second kappa shape index (κ2) is 9.74. The maximum absolute atomic E-state index is 12.8. The van der Waals surface area contributed by atoms with Gasteiger partial charge in [-0.3, -0.25) is 14.4 Å². The van der Waals surface area contributed by atoms with Gasteiger partial charge in [0.15, 0.2) is 6.10 Å². The van der Waals surface area contributed by atoms with E-state index >= 15 is 0 Å². The number of amides is 2. The quantitative estimate of drug-likeness (QED) is 0.794. The summed E-state index contributed by atoms with van der Waals surface area (Å²) < 4.78 is 5.70. The van der Waals surface area contributed by atoms with Crippen molar-refractivity contribution in [3.05, 3.63) is 29.8 Å². The predicted octanol–water partition coefficient (Wildman–Crippen LogP) is 1.64. The number of carbonyl (C=O) groups excluding carboxylic acids is 2. The average Bonchev–Trinajstić information content (AvgIpc) is 2.91. The van der Waals surface area contributed by atoms with Gasteiger partial charge in [0.2, 0.25) is 5.91 Å². The van der Waals surface area contributed by atoms with E-state index in [-0.39, 0.29) is 24.4 Å². The van der Waals surface area contributed by atoms with Gasteiger partial charge in [-0.25, -0.2) is 0 Å². The minimum Gasteiger partial charge on any atom is -0.480 e. The van der Waals surface area contributed by atoms with Gasteiger partial charge in [0.05, 0.1) is 5.56 Å². The van der Waals surface area contributed by atoms with Crippen LogP contribution in [0.4, 0.5) is 0 Å². The average molecular weight is 387 g/mol. The van der Waals surface area contributed by atoms with Crippen molar-refractivity contribution in [3.8, 4) is 11.8 Å². The molecule has 1 N–H and O–H groups in total. The first-order valence-electron chi connectivity index (χ1n) is 9.27. The SMILES string of the molecule is CC(=O)N(CC(=O)O)C1CCCN(C(=O)C(C)Oc2ccccc2C#N)CC1. The number of hydrogen-bond acceptors (Lipinski definition) is 5. The van der Waals surface area contributed by atoms with Crippen LogP contribution in [0.1, 0.15) is 38.7 Å². The highest BCUT2D eigenvalue weighted by Gasteiger charge is 2.29. The molecular weight excluding hydrogens is 362 g/mol. The second-order valence-electron chi connectivity index (χ2n) is 6.82. The Labute approximate surface area is 164 Å². The molecule has 2 atom stereocenters. The maximum Gasteiger partial charge on any atom is 0.323 e. The van der Waals surface area contributed by atoms with Crippen LogP contribution >= 0.6 is 0 Å². The number of likely N-dealkylation sites (tertiary alicyclic amines) is 1. The van der Waals surface area contributed by atoms with E-state index in [0.29, 0.717) is 43.7 Å². The number of nitrogens with zero attached hydrogens (tertiary/aromatic N) is 3. The molecule has 28 heavy (non-hydrogen) atoms. The summed E-state index contributed by atoms with van der Waals surface area (Å²) in [5.74, 6) is -1.16. The van der Waals surface area contributed by atoms with Crippen LogP contribution in [-0.4, -0.2) is 64.5 Å². The number of carbonyl (C=O) groups is 3. The lowest BCUT2D eigenvalue weighted by atomic mass is 10.1. The third kappa shape index (κ3) is 5.46. The summed E-state index contributed by atoms with van der Waals surface area (Å²) in [7, 11) is 0. The third-order valence-electron chi connectivity index (χ3n) is 4.82. The molecule has 1 aromatic rings. The molecule has 2 amide bonds. The van der Waals surface area contributed by atoms with Crippen LogP contribution in [0.15, 0.2) is 24.3 Å². The molecule has 2 rings (SSSR count). The topological polar surface area (TPSA) is 111 Å². The minimum atomic E-state index is -1.05. The van der Waals surface area contributed by atoms with E-state index < -0.39 is 12.1 Å². The predicted molar refractivity (Wildman–Crippen MR) is 100 cm³/mol. The fraction of sp³-hybridized carbons (Fsp3) is 0.500. The molecule has 8 heteroatoms. The Morgan fingerprint density at radius 2 is 2.04 bits per heavy atom. The highest BCUT2D eigenvalue weighted by molar-refractivity contribution is 5.81. The highest BCUT2D eigenvalue weighted by Crippen LogP contribution is 2.21. The second-order valence-corrected chi connectivity index (χ2v) is 6.82. The van der Waals surface area contributed by atoms with Crippen molar-refractivity contribution in [2.45, 2.75) is 45.3 Å². The molecule has 1 aliphatic rings. The monoisotopic (exact) mass is 387 g/mol. The van der Waals surface area contributed by atoms with Crippen molar-refractivity contribution >= 4 is 17.8 Å². The van der Waals surface area contributed by atoms with Crippen molar-refractivity contribution in [2.24, 2.45) is 0 Å². The number of carboxylic acids is 1. The Hall–Kier alpha value is -3.08. The molecule has 1 aliphatic heterocycles. The van der Waals surface area contributed by atoms with Gasteiger partial charge in [-0.15, -0.1) is 0 Å². The molecule has 1 fully saturated rings. The summed E-state index contributed by atoms with van der Waals surface area (Å²) in [6.07, 6.45) is 1.07. The van der Waals surface area contributed by atoms with Gasteiger partial charge >= 0.3 is 5.97 Å². The number of para-hydroxylation sites is 1. The zero-order valence-electron chi connectivity index (χ0n) is 16.1. The third-order valence-corrected chi connectivity index (χ3v) is 4.82. The van der Waals surface area contributed by atoms with Crippen molar-refractivity contribution in [1.29, 1.82) is 5.26 Å². The molecule has 0 saturated carbocycles. The maximum atomic E-state index is 12.8. The number of nitriles is 1. The van der Waals surface area contributed by atoms with Crippen LogP contribution in [0.3, 0.4) is 0 Å². The number of hydrogen-bond donors (Lipinski definition) is 1. The summed E-state index contributed by atoms with van der Waals surface area (Å²) in [4.78, 5) is 38.7. The van der Waals surface area contributed by atoms with E-state index in [1.807, 2.05) is 6.07 Å². The van der Waals surface area contributed by atoms with E-state index in [9.17, 15) is 14.4 Å². The van der Waals surface area contributed by atoms with E-state index in [4.69, 9.17) is 15.1 Å². The number of ether oxygens (including phenoxy) is 1. The van der Waals surface area contributed by atoms with Gasteiger partial charge in [0.1, 0.15) is 18.4 Å². The van der Waals surface area contributed by atoms with Crippen molar-refractivity contribution in [1.82, 2.24) is 9.80 Å². The zero-order valence-corrected chi connectivity index (χ0v) is 16.1. The summed E-state index contributed by atoms with van der Waals surface area (Å²) in [6.45, 7) is 3.60. The lowest BCUT2D eigenvalue weighted by Crippen LogP contribution is -2.44. The van der Waals surface area contributed by atoms with E-state index in [0.717, 1.165) is 0 Å². The summed E-state index contributed by atoms with van der Waals surface area (Å²) in [6, 6.07) is 8.57. The standard InChI is InChI=1S/C20H25N3O5/c1-14(28-18-8-4-3-6-16(18)12-21)20(27)22-10-5-7-17(9-11-22)23(15(2)24)13-19(25)26/h3-4,6,8,14,17H,5,7,9-11,13H2,1-2H3,(H,25,26). The molecule has 1 heterocycles. The Kier molecular flexibility index (Phi) is 7.38.